The summed E-state index contributed by atoms with van der Waals surface area (Å²) in [6.45, 7) is 12.5. The van der Waals surface area contributed by atoms with Crippen molar-refractivity contribution in [2.24, 2.45) is 22.9 Å². The van der Waals surface area contributed by atoms with Crippen molar-refractivity contribution in [3.63, 3.8) is 0 Å². The van der Waals surface area contributed by atoms with E-state index in [1.54, 1.807) is 66.1 Å². The third-order valence-electron chi connectivity index (χ3n) is 14.5. The van der Waals surface area contributed by atoms with Gasteiger partial charge in [0, 0.05) is 29.9 Å². The van der Waals surface area contributed by atoms with Gasteiger partial charge in [0.15, 0.2) is 5.15 Å². The number of nitrogen functional groups attached to an aromatic ring is 1. The summed E-state index contributed by atoms with van der Waals surface area (Å²) >= 11 is 53.5. The molecule has 0 aliphatic rings. The van der Waals surface area contributed by atoms with Gasteiger partial charge in [-0.25, -0.2) is 44.7 Å². The zero-order valence-corrected chi connectivity index (χ0v) is 91.5. The van der Waals surface area contributed by atoms with Crippen LogP contribution in [0.15, 0.2) is 147 Å². The van der Waals surface area contributed by atoms with E-state index in [1.807, 2.05) is 98.0 Å². The zero-order chi connectivity index (χ0) is 82.1. The van der Waals surface area contributed by atoms with Crippen LogP contribution < -0.4 is 80.1 Å². The molecule has 11 N–H and O–H groups in total. The summed E-state index contributed by atoms with van der Waals surface area (Å²) in [5.41, 5.74) is 36.5. The van der Waals surface area contributed by atoms with Crippen molar-refractivity contribution in [1.29, 1.82) is 0 Å². The number of nitrogens with zero attached hydrogens (tertiary/aromatic N) is 11. The van der Waals surface area contributed by atoms with Crippen LogP contribution in [0, 0.1) is 24.2 Å². The van der Waals surface area contributed by atoms with E-state index in [0.717, 1.165) is 61.3 Å². The fraction of sp³-hybridized carbons (Fsp3) is 0.267. The summed E-state index contributed by atoms with van der Waals surface area (Å²) in [5, 5.41) is 12.6. The predicted octanol–water partition coefficient (Wildman–Crippen LogP) is 10.4. The minimum absolute atomic E-state index is 0. The van der Waals surface area contributed by atoms with Gasteiger partial charge in [0.05, 0.1) is 98.0 Å². The average Bonchev–Trinajstić information content (AvgIpc) is 1.09. The van der Waals surface area contributed by atoms with Crippen LogP contribution in [0.4, 0.5) is 10.5 Å². The van der Waals surface area contributed by atoms with E-state index in [0.29, 0.717) is 74.2 Å². The number of anilines is 1. The molecule has 113 heavy (non-hydrogen) atoms. The first kappa shape index (κ1) is 119. The number of terminal acetylenes is 1. The molecule has 4 unspecified atom stereocenters. The summed E-state index contributed by atoms with van der Waals surface area (Å²) in [4.78, 5) is 88.2. The van der Waals surface area contributed by atoms with Crippen LogP contribution in [0.2, 0.25) is 41.1 Å². The number of halogens is 8. The third-order valence-corrected chi connectivity index (χ3v) is 16.6. The maximum atomic E-state index is 11.5. The molecule has 0 bridgehead atoms. The quantitative estimate of drug-likeness (QED) is 0.0226. The first-order valence-corrected chi connectivity index (χ1v) is 85.0. The van der Waals surface area contributed by atoms with Gasteiger partial charge in [-0.05, 0) is 166 Å². The van der Waals surface area contributed by atoms with Gasteiger partial charge < -0.3 is 34.8 Å². The molecule has 4 amide bonds. The maximum absolute atomic E-state index is 11.5. The molecule has 568 valence electrons. The fourth-order valence-electron chi connectivity index (χ4n) is 8.93. The molecular weight excluding hydrogens is 1790 g/mol. The van der Waals surface area contributed by atoms with Gasteiger partial charge in [-0.2, -0.15) is 14.9 Å². The van der Waals surface area contributed by atoms with Crippen LogP contribution >= 0.6 is 92.8 Å². The van der Waals surface area contributed by atoms with E-state index in [2.05, 4.69) is 72.9 Å². The summed E-state index contributed by atoms with van der Waals surface area (Å²) in [6, 6.07) is 30.1. The Hall–Kier alpha value is 1.66. The number of aromatic nitrogens is 12. The third kappa shape index (κ3) is 45.9. The van der Waals surface area contributed by atoms with E-state index in [9.17, 15) is 24.0 Å². The SMILES string of the molecule is C.C.C.C#Cc1ccccc1C(C)C(N)=O.CC(C(N)=O)c1ccccc1C#Cc1nc(Cl)ncc1Cl.CC(C(N)=O)c1ccccc1CCc1nc(Cc2cn[nH]c2)ncc1Cl.CC(C(N)=O)c1ccccc1CCc1nc(Cl)ncc1Cl.CC(C)(C)OC(=O)n1cc(N)cn1.Clc1ncc(Cl)c(Cl)n1.[H-].[K+].[K][K].[K][K].[K][K]. The minimum atomic E-state index is -0.524. The molecule has 23 nitrogen and oxygen atoms in total. The zero-order valence-electron chi connectivity index (χ0n) is 64.6. The number of rotatable bonds is 16. The van der Waals surface area contributed by atoms with E-state index >= 15 is 0 Å². The first-order chi connectivity index (χ1) is 51.8. The number of benzene rings is 4. The Labute approximate surface area is 882 Å². The molecule has 4 atom stereocenters. The number of amides is 4. The molecule has 0 aliphatic heterocycles. The second-order valence-electron chi connectivity index (χ2n) is 23.1. The topological polar surface area (TPSA) is 374 Å². The number of carbonyl (C=O) groups is 5. The molecule has 10 aromatic rings. The Kier molecular flexibility index (Phi) is 69.6. The van der Waals surface area contributed by atoms with Crippen molar-refractivity contribution < 1.29 is 81.5 Å². The van der Waals surface area contributed by atoms with Gasteiger partial charge in [-0.3, -0.25) is 24.3 Å². The van der Waals surface area contributed by atoms with Crippen molar-refractivity contribution in [3.8, 4) is 24.2 Å². The van der Waals surface area contributed by atoms with Crippen LogP contribution in [0.3, 0.4) is 0 Å². The van der Waals surface area contributed by atoms with Crippen molar-refractivity contribution in [2.45, 2.75) is 132 Å². The van der Waals surface area contributed by atoms with Crippen molar-refractivity contribution in [2.75, 3.05) is 5.73 Å². The standard InChI is InChI=1S/C19H20ClN5O.C15H15Cl2N3O.C15H11Cl2N3O.C11H11NO.C8H13N3O2.C4HCl3N2.3CH4.7K.H/c1-12(19(21)26)15-5-3-2-4-14(15)6-7-17-16(20)11-22-18(25-17)8-13-9-23-24-10-13;2*1-9(14(18)21)11-5-3-2-4-10(11)6-7-13-12(16)8-19-15(17)20-13;1-3-9-6-4-5-7-10(9)8(2)11(12)13;1-8(2,3)13-7(12)11-5-6(9)4-10-11;5-2-1-8-4(7)9-3(2)6;;;;;;;;;;;/h2-5,9-12H,6-8H2,1H3,(H2,21,26)(H,23,24);2-5,8-9H,6-7H2,1H3,(H2,18,21);2-5,8-9H,1H3,(H2,18,21);1,4-8H,2H3,(H2,12,13);4-5H,9H2,1-3H3;1H;3*1H4;;;;;;;;/q;;;;;;;;;;;;;;;+1;-1. The van der Waals surface area contributed by atoms with Gasteiger partial charge in [-0.15, -0.1) is 6.42 Å². The molecule has 0 radical (unpaired) electrons. The molecule has 10 rings (SSSR count). The molecular formula is C75H84Cl8K7N17O6. The van der Waals surface area contributed by atoms with Gasteiger partial charge in [-0.1, -0.05) is 177 Å². The van der Waals surface area contributed by atoms with Crippen molar-refractivity contribution in [3.05, 3.63) is 261 Å². The van der Waals surface area contributed by atoms with Gasteiger partial charge in [0.1, 0.15) is 17.1 Å². The van der Waals surface area contributed by atoms with Crippen LogP contribution in [-0.4, -0.2) is 285 Å². The van der Waals surface area contributed by atoms with E-state index in [-0.39, 0.29) is 132 Å². The second-order valence-corrected chi connectivity index (χ2v) is 26.1. The number of carbonyl (C=O) groups excluding carboxylic acids is 5. The Balaban J connectivity index is -0.000000639. The molecule has 6 heterocycles. The Bertz CT molecular complexity index is 4700. The molecule has 6 aromatic heterocycles. The fourth-order valence-corrected chi connectivity index (χ4v) is 10.1. The van der Waals surface area contributed by atoms with Gasteiger partial charge >= 0.3 is 247 Å². The molecule has 0 saturated heterocycles. The van der Waals surface area contributed by atoms with Crippen molar-refractivity contribution >= 4 is 318 Å². The Morgan fingerprint density at radius 2 is 0.920 bits per heavy atom. The van der Waals surface area contributed by atoms with E-state index in [4.69, 9.17) is 133 Å². The van der Waals surface area contributed by atoms with Crippen molar-refractivity contribution in [1.82, 2.24) is 59.8 Å². The molecule has 0 fully saturated rings. The second kappa shape index (κ2) is 66.2. The number of aromatic amines is 1. The number of primary amides is 4. The number of nitrogens with one attached hydrogen (secondary N) is 1. The number of H-pyrrole nitrogens is 1. The number of nitrogens with two attached hydrogens (primary N) is 5. The molecule has 0 aliphatic carbocycles. The Morgan fingerprint density at radius 3 is 1.35 bits per heavy atom. The number of ether oxygens (including phenoxy) is 1. The Morgan fingerprint density at radius 1 is 0.522 bits per heavy atom. The van der Waals surface area contributed by atoms with Crippen LogP contribution in [0.1, 0.15) is 169 Å². The van der Waals surface area contributed by atoms with Gasteiger partial charge in [0.25, 0.3) is 0 Å². The van der Waals surface area contributed by atoms with Crippen LogP contribution in [0.25, 0.3) is 0 Å². The summed E-state index contributed by atoms with van der Waals surface area (Å²) in [7, 11) is 0. The van der Waals surface area contributed by atoms with Crippen LogP contribution in [-0.2, 0) is 56.0 Å². The number of aryl methyl sites for hydroxylation is 4. The number of hydrogen-bond acceptors (Lipinski definition) is 17. The molecule has 0 spiro atoms. The number of hydrogen-bond donors (Lipinski definition) is 6. The normalized spacial score (nSPS) is 10.8. The monoisotopic (exact) mass is 1870 g/mol. The summed E-state index contributed by atoms with van der Waals surface area (Å²) in [6.07, 6.45) is 20.3. The van der Waals surface area contributed by atoms with E-state index in [1.165, 1.54) is 220 Å². The summed E-state index contributed by atoms with van der Waals surface area (Å²) < 4.78 is 6.11. The van der Waals surface area contributed by atoms with Gasteiger partial charge in [0.2, 0.25) is 39.5 Å². The molecule has 0 saturated carbocycles. The molecule has 4 aromatic carbocycles. The summed E-state index contributed by atoms with van der Waals surface area (Å²) in [5.74, 6) is 6.14. The average molecular weight is 1880 g/mol. The van der Waals surface area contributed by atoms with E-state index < -0.39 is 23.5 Å². The molecule has 38 heteroatoms. The first-order valence-electron chi connectivity index (χ1n) is 34.0. The predicted molar refractivity (Wildman–Crippen MR) is 459 cm³/mol. The van der Waals surface area contributed by atoms with Crippen LogP contribution in [0.5, 0.6) is 0 Å².